The van der Waals surface area contributed by atoms with Crippen LogP contribution in [0.3, 0.4) is 0 Å². The van der Waals surface area contributed by atoms with Gasteiger partial charge in [-0.25, -0.2) is 4.79 Å². The van der Waals surface area contributed by atoms with Crippen molar-refractivity contribution in [3.05, 3.63) is 44.2 Å². The molecule has 1 fully saturated rings. The molecule has 0 saturated carbocycles. The van der Waals surface area contributed by atoms with Crippen LogP contribution in [-0.2, 0) is 45.8 Å². The second kappa shape index (κ2) is 20.6. The zero-order valence-corrected chi connectivity index (χ0v) is 26.4. The summed E-state index contributed by atoms with van der Waals surface area (Å²) < 4.78 is 0. The molecule has 0 aromatic heterocycles. The molecule has 0 radical (unpaired) electrons. The molecule has 13 N–H and O–H groups in total. The van der Waals surface area contributed by atoms with E-state index >= 15 is 0 Å². The van der Waals surface area contributed by atoms with Crippen LogP contribution in [-0.4, -0.2) is 122 Å². The summed E-state index contributed by atoms with van der Waals surface area (Å²) in [6.45, 7) is -2.02. The van der Waals surface area contributed by atoms with E-state index in [-0.39, 0.29) is 42.4 Å². The number of carbonyl (C=O) groups is 7. The maximum absolute atomic E-state index is 13.3. The van der Waals surface area contributed by atoms with Crippen molar-refractivity contribution in [2.45, 2.75) is 61.9 Å². The van der Waals surface area contributed by atoms with Gasteiger partial charge >= 0.3 is 23.1 Å². The minimum absolute atomic E-state index is 0. The third-order valence-corrected chi connectivity index (χ3v) is 6.50. The van der Waals surface area contributed by atoms with Crippen molar-refractivity contribution < 1.29 is 55.7 Å². The number of primary amides is 1. The van der Waals surface area contributed by atoms with Crippen LogP contribution in [0.2, 0.25) is 0 Å². The molecule has 1 saturated heterocycles. The first-order valence-electron chi connectivity index (χ1n) is 14.3. The molecule has 2 rings (SSSR count). The quantitative estimate of drug-likeness (QED) is 0.0814. The van der Waals surface area contributed by atoms with Crippen LogP contribution in [0.4, 0.5) is 4.79 Å². The zero-order chi connectivity index (χ0) is 35.1. The average molecular weight is 726 g/mol. The molecule has 22 nitrogen and oxygen atoms in total. The van der Waals surface area contributed by atoms with Crippen LogP contribution < -0.4 is 38.9 Å². The second-order valence-electron chi connectivity index (χ2n) is 10.3. The van der Waals surface area contributed by atoms with Gasteiger partial charge in [-0.3, -0.25) is 9.79 Å². The molecular formula is C25H38CuN14O8-5. The van der Waals surface area contributed by atoms with Gasteiger partial charge in [-0.2, -0.15) is 0 Å². The first-order chi connectivity index (χ1) is 22.2. The Morgan fingerprint density at radius 3 is 2.40 bits per heavy atom. The summed E-state index contributed by atoms with van der Waals surface area (Å²) in [6.07, 6.45) is 1.54. The van der Waals surface area contributed by atoms with Gasteiger partial charge in [0.1, 0.15) is 0 Å². The molecule has 0 spiro atoms. The monoisotopic (exact) mass is 725 g/mol. The minimum atomic E-state index is -1.88. The Kier molecular flexibility index (Phi) is 17.8. The molecule has 0 aliphatic carbocycles. The number of aliphatic hydroxyl groups is 1. The summed E-state index contributed by atoms with van der Waals surface area (Å²) in [7, 11) is 0. The van der Waals surface area contributed by atoms with Crippen LogP contribution in [0.25, 0.3) is 32.3 Å². The number of nitrogens with one attached hydrogen (secondary N) is 4. The number of urea groups is 1. The number of aliphatic hydroxyl groups excluding tert-OH is 1. The van der Waals surface area contributed by atoms with E-state index in [0.29, 0.717) is 25.6 Å². The number of aliphatic imine (C=N–C) groups is 1. The fourth-order valence-corrected chi connectivity index (χ4v) is 4.05. The van der Waals surface area contributed by atoms with Crippen LogP contribution in [0.15, 0.2) is 16.9 Å². The molecule has 272 valence electrons. The second-order valence-corrected chi connectivity index (χ2v) is 10.3. The summed E-state index contributed by atoms with van der Waals surface area (Å²) in [5.41, 5.74) is 29.3. The fourth-order valence-electron chi connectivity index (χ4n) is 4.05. The largest absolute Gasteiger partial charge is 1.00 e. The molecule has 0 aromatic carbocycles. The van der Waals surface area contributed by atoms with E-state index in [2.05, 4.69) is 42.2 Å². The number of amides is 8. The summed E-state index contributed by atoms with van der Waals surface area (Å²) in [5.74, 6) is -7.02. The first-order valence-corrected chi connectivity index (χ1v) is 14.3. The maximum atomic E-state index is 13.3. The Morgan fingerprint density at radius 1 is 1.08 bits per heavy atom. The van der Waals surface area contributed by atoms with Crippen molar-refractivity contribution in [3.63, 3.8) is 0 Å². The molecule has 23 heteroatoms. The van der Waals surface area contributed by atoms with Crippen molar-refractivity contribution in [2.24, 2.45) is 27.9 Å². The Morgan fingerprint density at radius 2 is 1.77 bits per heavy atom. The maximum Gasteiger partial charge on any atom is 1.00 e. The third-order valence-electron chi connectivity index (χ3n) is 6.50. The minimum Gasteiger partial charge on any atom is -0.671 e. The van der Waals surface area contributed by atoms with E-state index in [1.165, 1.54) is 0 Å². The molecule has 48 heavy (non-hydrogen) atoms. The van der Waals surface area contributed by atoms with Crippen molar-refractivity contribution in [1.29, 1.82) is 0 Å². The molecule has 2 aliphatic heterocycles. The molecule has 2 aliphatic rings. The van der Waals surface area contributed by atoms with Crippen molar-refractivity contribution in [3.8, 4) is 0 Å². The molecule has 6 atom stereocenters. The normalized spacial score (nSPS) is 25.8. The van der Waals surface area contributed by atoms with Gasteiger partial charge in [-0.1, -0.05) is 17.8 Å². The van der Waals surface area contributed by atoms with Gasteiger partial charge in [0, 0.05) is 61.8 Å². The third kappa shape index (κ3) is 13.7. The van der Waals surface area contributed by atoms with Crippen molar-refractivity contribution in [1.82, 2.24) is 16.0 Å². The van der Waals surface area contributed by atoms with Gasteiger partial charge in [-0.15, -0.1) is 12.6 Å². The summed E-state index contributed by atoms with van der Waals surface area (Å²) >= 11 is 0. The number of hydrogen-bond donors (Lipinski definition) is 8. The van der Waals surface area contributed by atoms with E-state index in [1.807, 2.05) is 5.32 Å². The number of nitrogens with two attached hydrogens (primary N) is 4. The average Bonchev–Trinajstić information content (AvgIpc) is 3.02. The Balaban J connectivity index is 0.0000115. The topological polar surface area (TPSA) is 387 Å². The SMILES string of the molecule is [Cu+].[NH-][C@H]1C[N-]C(=O)[C@H]([C@H]2CCN=C(N)N2)[N-]C(=O)/C(=C\NC(N)=O)[N-]C(=O)[C@H](CNC(=O)C[C@@H](N)CCCN)[N-]C(=O)[C@H](CO)[N-]C1=O. The molecule has 8 amide bonds. The Hall–Kier alpha value is -4.54. The molecule has 2 heterocycles. The number of nitrogens with zero attached hydrogens (tertiary/aromatic N) is 6. The predicted octanol–water partition coefficient (Wildman–Crippen LogP) is -3.22. The van der Waals surface area contributed by atoms with E-state index in [0.717, 1.165) is 0 Å². The first kappa shape index (κ1) is 41.5. The zero-order valence-electron chi connectivity index (χ0n) is 25.5. The van der Waals surface area contributed by atoms with Gasteiger partial charge in [0.2, 0.25) is 5.91 Å². The molecule has 0 unspecified atom stereocenters. The van der Waals surface area contributed by atoms with E-state index < -0.39 is 103 Å². The van der Waals surface area contributed by atoms with Gasteiger partial charge in [0.05, 0.1) is 5.91 Å². The molecule has 0 bridgehead atoms. The van der Waals surface area contributed by atoms with Gasteiger partial charge in [-0.05, 0) is 38.0 Å². The van der Waals surface area contributed by atoms with E-state index in [4.69, 9.17) is 28.7 Å². The summed E-state index contributed by atoms with van der Waals surface area (Å²) in [6, 6.07) is -9.90. The fraction of sp³-hybridized carbons (Fsp3) is 0.600. The van der Waals surface area contributed by atoms with Crippen molar-refractivity contribution >= 4 is 47.4 Å². The molecular weight excluding hydrogens is 688 g/mol. The van der Waals surface area contributed by atoms with E-state index in [1.54, 1.807) is 0 Å². The summed E-state index contributed by atoms with van der Waals surface area (Å²) in [5, 5.41) is 35.0. The van der Waals surface area contributed by atoms with Crippen LogP contribution >= 0.6 is 0 Å². The van der Waals surface area contributed by atoms with Gasteiger partial charge in [0.15, 0.2) is 5.96 Å². The Labute approximate surface area is 285 Å². The number of carbonyl (C=O) groups excluding carboxylic acids is 7. The standard InChI is InChI=1S/C25H43N14O8.Cu/c26-4-1-2-11(27)6-17(41)32-8-14-20(43)35-15(9-34-25(30)47)21(44)39-18(13-3-5-31-24(29)38-13)23(46)33-7-12(28)19(42)37-16(10-40)22(45)36-14;/h9,11-14,16,18,28,40H,1-8,10,26-27H2,(H12,29,30,31,32,33,34,35,36,37,38,39,41,42,43,44,45,46,47);/q-1;+1/p-5/t11-,12-,13+,14-,16-,18-;/m0./s1. The van der Waals surface area contributed by atoms with Crippen molar-refractivity contribution in [2.75, 3.05) is 32.8 Å². The predicted molar refractivity (Wildman–Crippen MR) is 166 cm³/mol. The smallest absolute Gasteiger partial charge is 0.671 e. The molecule has 0 aromatic rings. The van der Waals surface area contributed by atoms with Crippen LogP contribution in [0.5, 0.6) is 0 Å². The van der Waals surface area contributed by atoms with Gasteiger partial charge < -0.3 is 100 Å². The van der Waals surface area contributed by atoms with Gasteiger partial charge in [0.25, 0.3) is 0 Å². The number of rotatable bonds is 10. The summed E-state index contributed by atoms with van der Waals surface area (Å²) in [4.78, 5) is 93.1. The Bertz CT molecular complexity index is 1250. The van der Waals surface area contributed by atoms with Crippen LogP contribution in [0, 0.1) is 0 Å². The van der Waals surface area contributed by atoms with Crippen LogP contribution in [0.1, 0.15) is 25.7 Å². The van der Waals surface area contributed by atoms with E-state index in [9.17, 15) is 38.7 Å². The number of hydrogen-bond acceptors (Lipinski definition) is 13. The number of guanidine groups is 1.